The van der Waals surface area contributed by atoms with Crippen molar-refractivity contribution >= 4 is 11.0 Å². The van der Waals surface area contributed by atoms with Gasteiger partial charge in [-0.2, -0.15) is 13.2 Å². The van der Waals surface area contributed by atoms with Crippen LogP contribution in [0.15, 0.2) is 34.7 Å². The third-order valence-electron chi connectivity index (χ3n) is 2.79. The Hall–Kier alpha value is -1.49. The fourth-order valence-electron chi connectivity index (χ4n) is 1.85. The van der Waals surface area contributed by atoms with Gasteiger partial charge in [-0.3, -0.25) is 0 Å². The van der Waals surface area contributed by atoms with Crippen molar-refractivity contribution in [2.75, 3.05) is 0 Å². The van der Waals surface area contributed by atoms with E-state index in [-0.39, 0.29) is 12.8 Å². The SMILES string of the molecule is NC(CCCC(F)(F)F)c1cc2ccccc2o1. The molecule has 0 fully saturated rings. The predicted octanol–water partition coefficient (Wildman–Crippen LogP) is 4.17. The van der Waals surface area contributed by atoms with Gasteiger partial charge < -0.3 is 10.2 Å². The van der Waals surface area contributed by atoms with E-state index in [1.165, 1.54) is 0 Å². The van der Waals surface area contributed by atoms with Crippen molar-refractivity contribution < 1.29 is 17.6 Å². The number of para-hydroxylation sites is 1. The lowest BCUT2D eigenvalue weighted by Crippen LogP contribution is -2.12. The summed E-state index contributed by atoms with van der Waals surface area (Å²) in [7, 11) is 0. The topological polar surface area (TPSA) is 39.2 Å². The number of alkyl halides is 3. The molecule has 0 radical (unpaired) electrons. The molecule has 0 saturated heterocycles. The molecule has 5 heteroatoms. The van der Waals surface area contributed by atoms with Crippen molar-refractivity contribution in [3.05, 3.63) is 36.1 Å². The Bertz CT molecular complexity index is 485. The largest absolute Gasteiger partial charge is 0.459 e. The minimum atomic E-state index is -4.12. The van der Waals surface area contributed by atoms with E-state index < -0.39 is 18.6 Å². The zero-order valence-electron chi connectivity index (χ0n) is 9.70. The molecule has 1 aromatic heterocycles. The van der Waals surface area contributed by atoms with Crippen LogP contribution < -0.4 is 5.73 Å². The summed E-state index contributed by atoms with van der Waals surface area (Å²) in [5, 5.41) is 0.916. The van der Waals surface area contributed by atoms with Crippen LogP contribution in [0.1, 0.15) is 31.1 Å². The van der Waals surface area contributed by atoms with Crippen LogP contribution in [-0.4, -0.2) is 6.18 Å². The Balaban J connectivity index is 1.98. The van der Waals surface area contributed by atoms with Gasteiger partial charge in [0.15, 0.2) is 0 Å². The average molecular weight is 257 g/mol. The molecule has 0 aliphatic heterocycles. The molecule has 98 valence electrons. The maximum Gasteiger partial charge on any atom is 0.389 e. The van der Waals surface area contributed by atoms with E-state index in [1.54, 1.807) is 12.1 Å². The van der Waals surface area contributed by atoms with Crippen LogP contribution in [0.4, 0.5) is 13.2 Å². The Morgan fingerprint density at radius 2 is 1.94 bits per heavy atom. The molecular formula is C13H14F3NO. The van der Waals surface area contributed by atoms with Crippen molar-refractivity contribution in [2.45, 2.75) is 31.5 Å². The fraction of sp³-hybridized carbons (Fsp3) is 0.385. The van der Waals surface area contributed by atoms with Gasteiger partial charge in [-0.1, -0.05) is 18.2 Å². The number of benzene rings is 1. The molecule has 1 unspecified atom stereocenters. The number of rotatable bonds is 4. The molecule has 0 saturated carbocycles. The second-order valence-corrected chi connectivity index (χ2v) is 4.30. The molecule has 2 aromatic rings. The fourth-order valence-corrected chi connectivity index (χ4v) is 1.85. The van der Waals surface area contributed by atoms with E-state index >= 15 is 0 Å². The van der Waals surface area contributed by atoms with Crippen molar-refractivity contribution in [2.24, 2.45) is 5.73 Å². The first-order chi connectivity index (χ1) is 8.46. The highest BCUT2D eigenvalue weighted by atomic mass is 19.4. The first-order valence-electron chi connectivity index (χ1n) is 5.76. The van der Waals surface area contributed by atoms with E-state index in [9.17, 15) is 13.2 Å². The average Bonchev–Trinajstić information content (AvgIpc) is 2.70. The van der Waals surface area contributed by atoms with Crippen LogP contribution in [0.3, 0.4) is 0 Å². The Morgan fingerprint density at radius 1 is 1.22 bits per heavy atom. The molecule has 2 N–H and O–H groups in total. The van der Waals surface area contributed by atoms with Gasteiger partial charge in [-0.05, 0) is 25.0 Å². The van der Waals surface area contributed by atoms with E-state index in [0.717, 1.165) is 5.39 Å². The molecule has 18 heavy (non-hydrogen) atoms. The van der Waals surface area contributed by atoms with Crippen LogP contribution in [0.25, 0.3) is 11.0 Å². The predicted molar refractivity (Wildman–Crippen MR) is 63.0 cm³/mol. The van der Waals surface area contributed by atoms with E-state index in [2.05, 4.69) is 0 Å². The molecule has 1 heterocycles. The van der Waals surface area contributed by atoms with Gasteiger partial charge in [0.2, 0.25) is 0 Å². The van der Waals surface area contributed by atoms with Crippen molar-refractivity contribution in [1.82, 2.24) is 0 Å². The molecule has 2 rings (SSSR count). The van der Waals surface area contributed by atoms with Gasteiger partial charge in [-0.15, -0.1) is 0 Å². The molecule has 2 nitrogen and oxygen atoms in total. The summed E-state index contributed by atoms with van der Waals surface area (Å²) >= 11 is 0. The monoisotopic (exact) mass is 257 g/mol. The molecule has 0 aliphatic carbocycles. The molecule has 0 amide bonds. The first kappa shape index (κ1) is 13.0. The molecule has 0 spiro atoms. The second kappa shape index (κ2) is 5.02. The summed E-state index contributed by atoms with van der Waals surface area (Å²) in [4.78, 5) is 0. The third-order valence-corrected chi connectivity index (χ3v) is 2.79. The number of hydrogen-bond acceptors (Lipinski definition) is 2. The Labute approximate surface area is 103 Å². The molecule has 0 bridgehead atoms. The lowest BCUT2D eigenvalue weighted by atomic mass is 10.1. The highest BCUT2D eigenvalue weighted by Gasteiger charge is 2.26. The van der Waals surface area contributed by atoms with Gasteiger partial charge in [0.25, 0.3) is 0 Å². The zero-order valence-corrected chi connectivity index (χ0v) is 9.70. The lowest BCUT2D eigenvalue weighted by molar-refractivity contribution is -0.135. The van der Waals surface area contributed by atoms with Crippen LogP contribution in [0, 0.1) is 0 Å². The summed E-state index contributed by atoms with van der Waals surface area (Å²) in [6.07, 6.45) is -4.64. The summed E-state index contributed by atoms with van der Waals surface area (Å²) in [6.45, 7) is 0. The van der Waals surface area contributed by atoms with Crippen LogP contribution in [-0.2, 0) is 0 Å². The maximum atomic E-state index is 12.0. The Morgan fingerprint density at radius 3 is 2.61 bits per heavy atom. The lowest BCUT2D eigenvalue weighted by Gasteiger charge is -2.09. The summed E-state index contributed by atoms with van der Waals surface area (Å²) in [5.74, 6) is 0.540. The number of furan rings is 1. The van der Waals surface area contributed by atoms with Crippen LogP contribution in [0.5, 0.6) is 0 Å². The van der Waals surface area contributed by atoms with Gasteiger partial charge in [0.1, 0.15) is 11.3 Å². The van der Waals surface area contributed by atoms with E-state index in [4.69, 9.17) is 10.2 Å². The van der Waals surface area contributed by atoms with E-state index in [0.29, 0.717) is 11.3 Å². The summed E-state index contributed by atoms with van der Waals surface area (Å²) in [5.41, 5.74) is 6.53. The van der Waals surface area contributed by atoms with Crippen molar-refractivity contribution in [1.29, 1.82) is 0 Å². The first-order valence-corrected chi connectivity index (χ1v) is 5.76. The smallest absolute Gasteiger partial charge is 0.389 e. The summed E-state index contributed by atoms with van der Waals surface area (Å²) in [6, 6.07) is 8.70. The molecular weight excluding hydrogens is 243 g/mol. The van der Waals surface area contributed by atoms with Crippen molar-refractivity contribution in [3.63, 3.8) is 0 Å². The number of nitrogens with two attached hydrogens (primary N) is 1. The van der Waals surface area contributed by atoms with Gasteiger partial charge in [0, 0.05) is 11.8 Å². The quantitative estimate of drug-likeness (QED) is 0.893. The maximum absolute atomic E-state index is 12.0. The minimum absolute atomic E-state index is 0.0156. The number of halogens is 3. The zero-order chi connectivity index (χ0) is 13.2. The number of hydrogen-bond donors (Lipinski definition) is 1. The van der Waals surface area contributed by atoms with Crippen LogP contribution in [0.2, 0.25) is 0 Å². The molecule has 0 aliphatic rings. The summed E-state index contributed by atoms with van der Waals surface area (Å²) < 4.78 is 41.5. The van der Waals surface area contributed by atoms with Gasteiger partial charge >= 0.3 is 6.18 Å². The second-order valence-electron chi connectivity index (χ2n) is 4.30. The van der Waals surface area contributed by atoms with Crippen molar-refractivity contribution in [3.8, 4) is 0 Å². The Kier molecular flexibility index (Phi) is 3.61. The molecule has 1 atom stereocenters. The minimum Gasteiger partial charge on any atom is -0.459 e. The van der Waals surface area contributed by atoms with Gasteiger partial charge in [-0.25, -0.2) is 0 Å². The van der Waals surface area contributed by atoms with Crippen LogP contribution >= 0.6 is 0 Å². The van der Waals surface area contributed by atoms with Gasteiger partial charge in [0.05, 0.1) is 6.04 Å². The normalized spacial score (nSPS) is 14.0. The number of fused-ring (bicyclic) bond motifs is 1. The highest BCUT2D eigenvalue weighted by molar-refractivity contribution is 5.77. The standard InChI is InChI=1S/C13H14F3NO/c14-13(15,16)7-3-5-10(17)12-8-9-4-1-2-6-11(9)18-12/h1-2,4,6,8,10H,3,5,7,17H2. The highest BCUT2D eigenvalue weighted by Crippen LogP contribution is 2.28. The molecule has 1 aromatic carbocycles. The van der Waals surface area contributed by atoms with E-state index in [1.807, 2.05) is 18.2 Å². The third kappa shape index (κ3) is 3.26.